The van der Waals surface area contributed by atoms with Crippen molar-refractivity contribution in [2.75, 3.05) is 0 Å². The van der Waals surface area contributed by atoms with E-state index >= 15 is 0 Å². The largest absolute Gasteiger partial charge is 0.481 e. The Kier molecular flexibility index (Phi) is 24.9. The van der Waals surface area contributed by atoms with Crippen LogP contribution in [0.3, 0.4) is 0 Å². The zero-order chi connectivity index (χ0) is 102. The van der Waals surface area contributed by atoms with Gasteiger partial charge in [-0.3, -0.25) is 24.0 Å². The van der Waals surface area contributed by atoms with Gasteiger partial charge >= 0.3 is 23.9 Å². The fourth-order valence-corrected chi connectivity index (χ4v) is 43.6. The molecule has 0 aromatic rings. The predicted molar refractivity (Wildman–Crippen MR) is 538 cm³/mol. The third-order valence-electron chi connectivity index (χ3n) is 53.0. The van der Waals surface area contributed by atoms with Crippen molar-refractivity contribution >= 4 is 29.7 Å². The SMILES string of the molecule is CC1(C)CC[C@]2(C(=O)O)CC[C@]3(C)C(=CCC4[C@@]5(C)C[C@@H](O)[C@H](O)C(C)(C)C5CC[C@]43C)C2C1.C[C@@H]1CC[C@]2(C(=O)O)CC[C@]3(C)C(=CCC4[C@@]5(C)C[C@@H](O)C(=O)C(C)(C)C5CC[C@]43C)C2[C@]1(C)O.C[C@@H]1CC[C@]2(C(=O)O)CC[C@]3(C)C(=CCC4[C@@]5(C)C[C@@H](O)[C@H](O)C(C)(C)C5CC[C@]43C)C2[C@H]1C.C[C@@H]1CC[C@]2(C(=O)O)CC[C@]3(C)C(=CCC4[C@@]5(C)C[C@@H](O)[C@H](O)C(C)(C)C5CC[C@]43C)C2[C@]1(C)O. The van der Waals surface area contributed by atoms with E-state index in [1.165, 1.54) is 22.3 Å². The maximum Gasteiger partial charge on any atom is 0.310 e. The van der Waals surface area contributed by atoms with Crippen LogP contribution in [0.25, 0.3) is 0 Å². The Bertz CT molecular complexity index is 4980. The minimum absolute atomic E-state index is 0.00785. The van der Waals surface area contributed by atoms with Crippen LogP contribution in [0, 0.1) is 208 Å². The molecule has 0 amide bonds. The molecule has 12 unspecified atom stereocenters. The second-order valence-corrected chi connectivity index (χ2v) is 59.4. The van der Waals surface area contributed by atoms with Crippen LogP contribution >= 0.6 is 0 Å². The molecule has 16 saturated carbocycles. The Morgan fingerprint density at radius 3 is 0.949 bits per heavy atom. The normalized spacial score (nSPS) is 55.5. The van der Waals surface area contributed by atoms with Gasteiger partial charge in [-0.25, -0.2) is 0 Å². The highest BCUT2D eigenvalue weighted by molar-refractivity contribution is 5.89. The Hall–Kier alpha value is -3.85. The summed E-state index contributed by atoms with van der Waals surface area (Å²) in [4.78, 5) is 64.2. The molecule has 0 aromatic heterocycles. The first-order valence-electron chi connectivity index (χ1n) is 55.7. The highest BCUT2D eigenvalue weighted by Gasteiger charge is 2.79. The monoisotopic (exact) mass is 1920 g/mol. The lowest BCUT2D eigenvalue weighted by Crippen LogP contribution is -2.68. The minimum Gasteiger partial charge on any atom is -0.481 e. The second kappa shape index (κ2) is 32.6. The van der Waals surface area contributed by atoms with E-state index in [0.717, 1.165) is 161 Å². The number of carbonyl (C=O) groups excluding carboxylic acids is 1. The number of rotatable bonds is 4. The number of allylic oxidation sites excluding steroid dienone is 6. The average Bonchev–Trinajstić information content (AvgIpc) is 0.687. The summed E-state index contributed by atoms with van der Waals surface area (Å²) in [7, 11) is 0. The third-order valence-corrected chi connectivity index (χ3v) is 53.0. The van der Waals surface area contributed by atoms with E-state index in [-0.39, 0.29) is 134 Å². The summed E-state index contributed by atoms with van der Waals surface area (Å²) in [6.07, 6.45) is 32.6. The van der Waals surface area contributed by atoms with Crippen LogP contribution in [0.2, 0.25) is 0 Å². The molecule has 20 rings (SSSR count). The fraction of sp³-hybridized carbons (Fsp3) is 0.892. The molecule has 16 fully saturated rings. The average molecular weight is 1920 g/mol. The lowest BCUT2D eigenvalue weighted by atomic mass is 9.33. The molecule has 0 radical (unpaired) electrons. The summed E-state index contributed by atoms with van der Waals surface area (Å²) in [5.41, 5.74) is -1.94. The number of ketones is 1. The van der Waals surface area contributed by atoms with Gasteiger partial charge in [-0.2, -0.15) is 0 Å². The van der Waals surface area contributed by atoms with Crippen molar-refractivity contribution in [3.05, 3.63) is 46.6 Å². The molecule has 0 aromatic carbocycles. The first-order chi connectivity index (χ1) is 63.2. The summed E-state index contributed by atoms with van der Waals surface area (Å²) in [5, 5.41) is 142. The van der Waals surface area contributed by atoms with Crippen LogP contribution in [0.4, 0.5) is 0 Å². The number of aliphatic hydroxyl groups excluding tert-OH is 7. The highest BCUT2D eigenvalue weighted by Crippen LogP contribution is 2.83. The molecule has 138 heavy (non-hydrogen) atoms. The van der Waals surface area contributed by atoms with Gasteiger partial charge in [0, 0.05) is 17.3 Å². The molecule has 13 N–H and O–H groups in total. The fourth-order valence-electron chi connectivity index (χ4n) is 43.6. The molecular formula is C120H190O18. The van der Waals surface area contributed by atoms with Gasteiger partial charge in [-0.05, 0) is 395 Å². The number of fused-ring (bicyclic) bond motifs is 28. The number of carboxylic acid groups (broad SMARTS) is 4. The predicted octanol–water partition coefficient (Wildman–Crippen LogP) is 22.8. The van der Waals surface area contributed by atoms with Crippen LogP contribution in [0.1, 0.15) is 406 Å². The van der Waals surface area contributed by atoms with E-state index in [1.807, 2.05) is 27.7 Å². The van der Waals surface area contributed by atoms with Gasteiger partial charge in [0.2, 0.25) is 0 Å². The van der Waals surface area contributed by atoms with Gasteiger partial charge in [0.05, 0.1) is 69.5 Å². The van der Waals surface area contributed by atoms with Gasteiger partial charge in [-0.15, -0.1) is 0 Å². The summed E-state index contributed by atoms with van der Waals surface area (Å²) in [6, 6.07) is 0. The van der Waals surface area contributed by atoms with Crippen LogP contribution in [0.15, 0.2) is 46.6 Å². The molecule has 41 atom stereocenters. The first-order valence-corrected chi connectivity index (χ1v) is 55.7. The van der Waals surface area contributed by atoms with Crippen LogP contribution < -0.4 is 0 Å². The number of carboxylic acids is 4. The molecular weight excluding hydrogens is 1730 g/mol. The lowest BCUT2D eigenvalue weighted by Gasteiger charge is -2.72. The van der Waals surface area contributed by atoms with Crippen molar-refractivity contribution in [3.8, 4) is 0 Å². The summed E-state index contributed by atoms with van der Waals surface area (Å²) < 4.78 is 0. The van der Waals surface area contributed by atoms with Gasteiger partial charge in [0.15, 0.2) is 5.78 Å². The summed E-state index contributed by atoms with van der Waals surface area (Å²) >= 11 is 0. The molecule has 20 aliphatic rings. The van der Waals surface area contributed by atoms with Crippen LogP contribution in [-0.2, 0) is 24.0 Å². The first kappa shape index (κ1) is 105. The molecule has 18 nitrogen and oxygen atoms in total. The minimum atomic E-state index is -1.07. The van der Waals surface area contributed by atoms with E-state index < -0.39 is 105 Å². The van der Waals surface area contributed by atoms with Gasteiger partial charge in [0.25, 0.3) is 0 Å². The van der Waals surface area contributed by atoms with E-state index in [4.69, 9.17) is 0 Å². The summed E-state index contributed by atoms with van der Waals surface area (Å²) in [5.74, 6) is 0.689. The maximum atomic E-state index is 13.0. The van der Waals surface area contributed by atoms with Crippen molar-refractivity contribution in [1.82, 2.24) is 0 Å². The zero-order valence-electron chi connectivity index (χ0n) is 90.8. The molecule has 0 aliphatic heterocycles. The van der Waals surface area contributed by atoms with Gasteiger partial charge in [-0.1, -0.05) is 227 Å². The van der Waals surface area contributed by atoms with Gasteiger partial charge < -0.3 is 66.4 Å². The number of hydrogen-bond donors (Lipinski definition) is 13. The molecule has 20 aliphatic carbocycles. The maximum absolute atomic E-state index is 13.0. The number of hydrogen-bond acceptors (Lipinski definition) is 14. The Morgan fingerprint density at radius 2 is 0.594 bits per heavy atom. The zero-order valence-corrected chi connectivity index (χ0v) is 90.8. The topological polar surface area (TPSA) is 348 Å². The number of aliphatic hydroxyl groups is 9. The number of aliphatic carboxylic acids is 4. The van der Waals surface area contributed by atoms with Crippen molar-refractivity contribution < 1.29 is 90.4 Å². The molecule has 0 bridgehead atoms. The smallest absolute Gasteiger partial charge is 0.310 e. The molecule has 0 spiro atoms. The van der Waals surface area contributed by atoms with Crippen molar-refractivity contribution in [2.24, 2.45) is 208 Å². The highest BCUT2D eigenvalue weighted by atomic mass is 16.4. The van der Waals surface area contributed by atoms with Crippen molar-refractivity contribution in [2.45, 2.75) is 460 Å². The Labute approximate surface area is 829 Å². The van der Waals surface area contributed by atoms with E-state index in [1.54, 1.807) is 0 Å². The molecule has 0 heterocycles. The Morgan fingerprint density at radius 1 is 0.304 bits per heavy atom. The van der Waals surface area contributed by atoms with Crippen LogP contribution in [-0.4, -0.2) is 150 Å². The van der Waals surface area contributed by atoms with Gasteiger partial charge in [0.1, 0.15) is 6.10 Å². The molecule has 18 heteroatoms. The van der Waals surface area contributed by atoms with E-state index in [0.29, 0.717) is 105 Å². The van der Waals surface area contributed by atoms with E-state index in [2.05, 4.69) is 190 Å². The summed E-state index contributed by atoms with van der Waals surface area (Å²) in [6.45, 7) is 63.0. The lowest BCUT2D eigenvalue weighted by molar-refractivity contribution is -0.237. The quantitative estimate of drug-likeness (QED) is 0.116. The van der Waals surface area contributed by atoms with E-state index in [9.17, 15) is 90.4 Å². The number of carbonyl (C=O) groups is 5. The third kappa shape index (κ3) is 13.5. The standard InChI is InChI=1S/C30H48O5.C30H46O5.2C30H48O4/c2*1-17-10-13-30(24(33)34)15-14-27(5)18(22(30)29(17,7)35)8-9-21-26(4)16-19(31)23(32)25(2,3)20(26)11-12-28(21,27)6;1-17-10-13-30(25(33)34)15-14-28(6)19(23(30)18(17)2)8-9-22-27(5)16-20(31)24(32)26(3,4)21(27)11-12-29(22,28)7;1-25(2)12-14-30(24(33)34)15-13-28(6)18(19(30)16-25)8-9-22-27(5)17-20(31)23(32)26(3,4)21(27)10-11-29(22,28)7/h8,17,19-23,31-32,35H,9-16H2,1-7H3,(H,33,34);8,17,19-22,31,35H,9-16H2,1-7H3,(H,33,34);8,17-18,20-24,31-32H,9-16H2,1-7H3,(H,33,34);8,19-23,31-32H,9-17H2,1-7H3,(H,33,34)/t17-,19-,20?,21?,22?,23+,26+,27-,28-,29-,30+;17-,19-,20?,21?,22?,26+,27-,28-,29-,30+;17-,18+,20-,21?,22?,23?,24+,27+,28-,29-,30+;19?,20-,21?,22?,23+,27+,28-,29-,30+/m1111/s1. The van der Waals surface area contributed by atoms with Crippen molar-refractivity contribution in [3.63, 3.8) is 0 Å². The number of Topliss-reactive ketones (excluding diaryl/α,β-unsaturated/α-hetero) is 1. The second-order valence-electron chi connectivity index (χ2n) is 59.4. The molecule has 0 saturated heterocycles. The molecule has 778 valence electrons. The van der Waals surface area contributed by atoms with Crippen LogP contribution in [0.5, 0.6) is 0 Å². The van der Waals surface area contributed by atoms with Crippen molar-refractivity contribution in [1.29, 1.82) is 0 Å². The Balaban J connectivity index is 0.000000127.